The Kier molecular flexibility index (Phi) is 2.64. The average Bonchev–Trinajstić information content (AvgIpc) is 2.72. The Labute approximate surface area is 110 Å². The molecule has 20 heavy (non-hydrogen) atoms. The van der Waals surface area contributed by atoms with Crippen LogP contribution in [-0.2, 0) is 6.67 Å². The highest BCUT2D eigenvalue weighted by atomic mass is 19.4. The van der Waals surface area contributed by atoms with E-state index in [-0.39, 0.29) is 6.67 Å². The van der Waals surface area contributed by atoms with Gasteiger partial charge in [0.1, 0.15) is 0 Å². The van der Waals surface area contributed by atoms with Gasteiger partial charge in [-0.3, -0.25) is 4.57 Å². The van der Waals surface area contributed by atoms with E-state index in [1.807, 2.05) is 6.07 Å². The highest BCUT2D eigenvalue weighted by Crippen LogP contribution is 2.35. The van der Waals surface area contributed by atoms with Crippen LogP contribution >= 0.6 is 0 Å². The number of para-hydroxylation sites is 1. The van der Waals surface area contributed by atoms with Crippen LogP contribution in [0.2, 0.25) is 0 Å². The van der Waals surface area contributed by atoms with Crippen molar-refractivity contribution in [3.8, 4) is 0 Å². The van der Waals surface area contributed by atoms with E-state index < -0.39 is 18.6 Å². The standard InChI is InChI=1S/C13H10F5N2/c14-12(15,13(16,17)18)7-19-6-10-3-1-2-9-4-5-20(8-19)11(9)10/h1-6H,7-8H2/q+1. The van der Waals surface area contributed by atoms with Crippen molar-refractivity contribution in [3.05, 3.63) is 36.0 Å². The molecule has 0 atom stereocenters. The van der Waals surface area contributed by atoms with Crippen LogP contribution < -0.4 is 0 Å². The third-order valence-electron chi connectivity index (χ3n) is 3.29. The van der Waals surface area contributed by atoms with Crippen molar-refractivity contribution < 1.29 is 26.5 Å². The van der Waals surface area contributed by atoms with E-state index >= 15 is 0 Å². The molecule has 3 rings (SSSR count). The van der Waals surface area contributed by atoms with Crippen molar-refractivity contribution in [1.82, 2.24) is 4.57 Å². The van der Waals surface area contributed by atoms with Crippen LogP contribution in [0.3, 0.4) is 0 Å². The van der Waals surface area contributed by atoms with Gasteiger partial charge in [0.2, 0.25) is 13.2 Å². The average molecular weight is 289 g/mol. The second-order valence-electron chi connectivity index (χ2n) is 4.79. The van der Waals surface area contributed by atoms with Crippen LogP contribution in [-0.4, -0.2) is 34.0 Å². The minimum absolute atomic E-state index is 0.0216. The quantitative estimate of drug-likeness (QED) is 0.592. The van der Waals surface area contributed by atoms with Gasteiger partial charge in [0.05, 0.1) is 11.1 Å². The van der Waals surface area contributed by atoms with E-state index in [0.29, 0.717) is 5.56 Å². The fourth-order valence-corrected chi connectivity index (χ4v) is 2.39. The Hall–Kier alpha value is -1.92. The van der Waals surface area contributed by atoms with Gasteiger partial charge in [-0.2, -0.15) is 22.0 Å². The molecule has 0 radical (unpaired) electrons. The minimum atomic E-state index is -5.54. The summed E-state index contributed by atoms with van der Waals surface area (Å²) in [6.07, 6.45) is -2.51. The first kappa shape index (κ1) is 13.1. The van der Waals surface area contributed by atoms with Gasteiger partial charge in [-0.15, -0.1) is 0 Å². The summed E-state index contributed by atoms with van der Waals surface area (Å²) in [6.45, 7) is -1.41. The van der Waals surface area contributed by atoms with Crippen LogP contribution in [0.4, 0.5) is 22.0 Å². The lowest BCUT2D eigenvalue weighted by molar-refractivity contribution is -0.584. The molecule has 0 saturated heterocycles. The van der Waals surface area contributed by atoms with Crippen LogP contribution in [0.25, 0.3) is 10.9 Å². The number of hydrogen-bond acceptors (Lipinski definition) is 0. The predicted octanol–water partition coefficient (Wildman–Crippen LogP) is 3.24. The summed E-state index contributed by atoms with van der Waals surface area (Å²) in [6, 6.07) is 7.10. The molecule has 2 nitrogen and oxygen atoms in total. The number of halogens is 5. The van der Waals surface area contributed by atoms with Gasteiger partial charge in [0.15, 0.2) is 6.21 Å². The summed E-state index contributed by atoms with van der Waals surface area (Å²) in [5, 5.41) is 0.931. The van der Waals surface area contributed by atoms with E-state index in [2.05, 4.69) is 0 Å². The van der Waals surface area contributed by atoms with Crippen LogP contribution in [0, 0.1) is 0 Å². The van der Waals surface area contributed by atoms with Crippen molar-refractivity contribution in [2.75, 3.05) is 6.54 Å². The zero-order valence-electron chi connectivity index (χ0n) is 10.2. The van der Waals surface area contributed by atoms with Crippen molar-refractivity contribution in [2.24, 2.45) is 0 Å². The zero-order valence-corrected chi connectivity index (χ0v) is 10.2. The van der Waals surface area contributed by atoms with Gasteiger partial charge in [-0.05, 0) is 12.1 Å². The molecule has 2 heterocycles. The molecule has 1 aromatic heterocycles. The maximum atomic E-state index is 13.1. The summed E-state index contributed by atoms with van der Waals surface area (Å²) in [5.41, 5.74) is 1.48. The molecule has 0 bridgehead atoms. The first-order chi connectivity index (χ1) is 9.28. The number of nitrogens with zero attached hydrogens (tertiary/aromatic N) is 2. The third kappa shape index (κ3) is 1.97. The second kappa shape index (κ2) is 4.04. The first-order valence-electron chi connectivity index (χ1n) is 5.89. The van der Waals surface area contributed by atoms with Crippen LogP contribution in [0.15, 0.2) is 30.5 Å². The van der Waals surface area contributed by atoms with E-state index in [4.69, 9.17) is 0 Å². The summed E-state index contributed by atoms with van der Waals surface area (Å²) in [7, 11) is 0. The lowest BCUT2D eigenvalue weighted by Crippen LogP contribution is -2.45. The molecule has 106 valence electrons. The van der Waals surface area contributed by atoms with E-state index in [9.17, 15) is 22.0 Å². The highest BCUT2D eigenvalue weighted by Gasteiger charge is 2.60. The number of benzene rings is 1. The third-order valence-corrected chi connectivity index (χ3v) is 3.29. The Morgan fingerprint density at radius 3 is 2.55 bits per heavy atom. The van der Waals surface area contributed by atoms with Crippen molar-refractivity contribution in [3.63, 3.8) is 0 Å². The molecule has 7 heteroatoms. The molecule has 0 amide bonds. The van der Waals surface area contributed by atoms with Crippen LogP contribution in [0.1, 0.15) is 5.56 Å². The van der Waals surface area contributed by atoms with E-state index in [1.54, 1.807) is 29.0 Å². The van der Waals surface area contributed by atoms with Gasteiger partial charge in [0.25, 0.3) is 0 Å². The number of rotatable bonds is 2. The second-order valence-corrected chi connectivity index (χ2v) is 4.79. The number of hydrogen-bond donors (Lipinski definition) is 0. The molecule has 0 spiro atoms. The summed E-state index contributed by atoms with van der Waals surface area (Å²) in [4.78, 5) is 0. The molecule has 1 aromatic carbocycles. The normalized spacial score (nSPS) is 15.6. The van der Waals surface area contributed by atoms with E-state index in [0.717, 1.165) is 15.5 Å². The summed E-state index contributed by atoms with van der Waals surface area (Å²) >= 11 is 0. The molecule has 0 N–H and O–H groups in total. The largest absolute Gasteiger partial charge is 0.460 e. The molecule has 0 saturated carbocycles. The molecule has 1 aliphatic heterocycles. The maximum absolute atomic E-state index is 13.1. The Morgan fingerprint density at radius 2 is 1.85 bits per heavy atom. The van der Waals surface area contributed by atoms with Gasteiger partial charge < -0.3 is 0 Å². The first-order valence-corrected chi connectivity index (χ1v) is 5.89. The molecular weight excluding hydrogens is 279 g/mol. The Bertz CT molecular complexity index is 696. The number of alkyl halides is 5. The van der Waals surface area contributed by atoms with Gasteiger partial charge in [0, 0.05) is 11.6 Å². The van der Waals surface area contributed by atoms with Crippen molar-refractivity contribution >= 4 is 17.1 Å². The van der Waals surface area contributed by atoms with Crippen molar-refractivity contribution in [1.29, 1.82) is 0 Å². The highest BCUT2D eigenvalue weighted by molar-refractivity contribution is 5.97. The predicted molar refractivity (Wildman–Crippen MR) is 63.2 cm³/mol. The minimum Gasteiger partial charge on any atom is -0.291 e. The topological polar surface area (TPSA) is 7.94 Å². The molecule has 0 unspecified atom stereocenters. The monoisotopic (exact) mass is 289 g/mol. The fraction of sp³-hybridized carbons (Fsp3) is 0.308. The van der Waals surface area contributed by atoms with Gasteiger partial charge in [-0.25, -0.2) is 4.58 Å². The van der Waals surface area contributed by atoms with Gasteiger partial charge >= 0.3 is 12.1 Å². The Balaban J connectivity index is 1.97. The molecule has 0 fully saturated rings. The Morgan fingerprint density at radius 1 is 1.10 bits per heavy atom. The molecular formula is C13H10F5N2+. The summed E-state index contributed by atoms with van der Waals surface area (Å²) < 4.78 is 65.6. The lowest BCUT2D eigenvalue weighted by atomic mass is 10.1. The van der Waals surface area contributed by atoms with Crippen LogP contribution in [0.5, 0.6) is 0 Å². The molecule has 1 aliphatic rings. The molecule has 0 aliphatic carbocycles. The smallest absolute Gasteiger partial charge is 0.291 e. The number of aromatic nitrogens is 1. The van der Waals surface area contributed by atoms with Gasteiger partial charge in [-0.1, -0.05) is 12.1 Å². The maximum Gasteiger partial charge on any atom is 0.460 e. The molecule has 2 aromatic rings. The fourth-order valence-electron chi connectivity index (χ4n) is 2.39. The SMILES string of the molecule is FC(F)(F)C(F)(F)C[N+]1=Cc2cccc3ccn(c23)C1. The summed E-state index contributed by atoms with van der Waals surface area (Å²) in [5.74, 6) is -4.73. The van der Waals surface area contributed by atoms with E-state index in [1.165, 1.54) is 6.21 Å². The van der Waals surface area contributed by atoms with Crippen molar-refractivity contribution in [2.45, 2.75) is 18.8 Å². The zero-order chi connectivity index (χ0) is 14.5. The lowest BCUT2D eigenvalue weighted by Gasteiger charge is -2.20.